The van der Waals surface area contributed by atoms with Gasteiger partial charge < -0.3 is 9.30 Å². The molecule has 0 saturated carbocycles. The Bertz CT molecular complexity index is 1030. The molecule has 140 valence electrons. The molecule has 1 fully saturated rings. The molecule has 3 heterocycles. The lowest BCUT2D eigenvalue weighted by Gasteiger charge is -2.26. The first-order valence-corrected chi connectivity index (χ1v) is 9.22. The van der Waals surface area contributed by atoms with E-state index in [-0.39, 0.29) is 12.4 Å². The van der Waals surface area contributed by atoms with Gasteiger partial charge in [-0.1, -0.05) is 42.5 Å². The lowest BCUT2D eigenvalue weighted by molar-refractivity contribution is 0.0365. The third-order valence-corrected chi connectivity index (χ3v) is 5.17. The number of ether oxygens (including phenoxy) is 1. The molecule has 27 heavy (non-hydrogen) atoms. The molecule has 1 aliphatic heterocycles. The number of aromatic nitrogens is 3. The summed E-state index contributed by atoms with van der Waals surface area (Å²) < 4.78 is 10.0. The van der Waals surface area contributed by atoms with Crippen LogP contribution in [-0.4, -0.2) is 51.7 Å². The molecule has 0 unspecified atom stereocenters. The average Bonchev–Trinajstić information content (AvgIpc) is 3.24. The van der Waals surface area contributed by atoms with Crippen molar-refractivity contribution in [3.63, 3.8) is 0 Å². The zero-order valence-corrected chi connectivity index (χ0v) is 15.9. The van der Waals surface area contributed by atoms with Crippen molar-refractivity contribution in [2.24, 2.45) is 0 Å². The number of nitrogens with zero attached hydrogens (tertiary/aromatic N) is 4. The number of imidazole rings is 2. The van der Waals surface area contributed by atoms with Crippen LogP contribution in [0.15, 0.2) is 60.8 Å². The van der Waals surface area contributed by atoms with Crippen LogP contribution in [0.4, 0.5) is 0 Å². The highest BCUT2D eigenvalue weighted by Crippen LogP contribution is 2.26. The van der Waals surface area contributed by atoms with E-state index in [2.05, 4.69) is 68.6 Å². The zero-order valence-electron chi connectivity index (χ0n) is 15.1. The second-order valence-electron chi connectivity index (χ2n) is 6.76. The highest BCUT2D eigenvalue weighted by Gasteiger charge is 2.17. The number of morpholine rings is 1. The van der Waals surface area contributed by atoms with Crippen molar-refractivity contribution >= 4 is 29.2 Å². The molecule has 1 aliphatic rings. The molecule has 0 amide bonds. The topological polar surface area (TPSA) is 34.7 Å². The van der Waals surface area contributed by atoms with E-state index in [9.17, 15) is 0 Å². The molecular formula is C21H23ClN4O. The van der Waals surface area contributed by atoms with E-state index in [1.165, 1.54) is 11.3 Å². The van der Waals surface area contributed by atoms with E-state index >= 15 is 0 Å². The first kappa shape index (κ1) is 18.0. The Morgan fingerprint density at radius 3 is 2.44 bits per heavy atom. The highest BCUT2D eigenvalue weighted by atomic mass is 35.5. The van der Waals surface area contributed by atoms with Gasteiger partial charge in [0.05, 0.1) is 29.9 Å². The number of fused-ring (bicyclic) bond motifs is 3. The zero-order chi connectivity index (χ0) is 17.3. The van der Waals surface area contributed by atoms with Gasteiger partial charge in [-0.2, -0.15) is 0 Å². The minimum absolute atomic E-state index is 0. The second kappa shape index (κ2) is 7.72. The van der Waals surface area contributed by atoms with Crippen molar-refractivity contribution in [1.82, 2.24) is 18.9 Å². The molecule has 2 aromatic heterocycles. The van der Waals surface area contributed by atoms with Crippen LogP contribution in [0.2, 0.25) is 0 Å². The maximum atomic E-state index is 5.48. The summed E-state index contributed by atoms with van der Waals surface area (Å²) in [5.74, 6) is 1.01. The summed E-state index contributed by atoms with van der Waals surface area (Å²) in [4.78, 5) is 7.38. The van der Waals surface area contributed by atoms with E-state index in [1.54, 1.807) is 0 Å². The SMILES string of the molecule is Cl.c1ccc(-c2cn3c4ccccc4nc3n2CCN2CCOCC2)cc1. The van der Waals surface area contributed by atoms with E-state index in [0.29, 0.717) is 0 Å². The standard InChI is InChI=1S/C21H22N4O.ClH/c1-2-6-17(7-3-1)20-16-25-19-9-5-4-8-18(19)22-21(25)24(20)11-10-23-12-14-26-15-13-23;/h1-9,16H,10-15H2;1H. The van der Waals surface area contributed by atoms with Crippen LogP contribution in [0.5, 0.6) is 0 Å². The fourth-order valence-electron chi connectivity index (χ4n) is 3.78. The molecular weight excluding hydrogens is 360 g/mol. The normalized spacial score (nSPS) is 15.3. The van der Waals surface area contributed by atoms with Gasteiger partial charge in [-0.25, -0.2) is 4.98 Å². The van der Waals surface area contributed by atoms with Crippen LogP contribution >= 0.6 is 12.4 Å². The summed E-state index contributed by atoms with van der Waals surface area (Å²) in [5.41, 5.74) is 4.64. The van der Waals surface area contributed by atoms with Crippen LogP contribution in [0.25, 0.3) is 28.1 Å². The molecule has 1 saturated heterocycles. The summed E-state index contributed by atoms with van der Waals surface area (Å²) in [6.07, 6.45) is 2.22. The Kier molecular flexibility index (Phi) is 5.16. The Morgan fingerprint density at radius 2 is 1.63 bits per heavy atom. The Labute approximate surface area is 164 Å². The van der Waals surface area contributed by atoms with Crippen LogP contribution in [0.3, 0.4) is 0 Å². The van der Waals surface area contributed by atoms with Crippen LogP contribution in [-0.2, 0) is 11.3 Å². The van der Waals surface area contributed by atoms with Crippen molar-refractivity contribution in [1.29, 1.82) is 0 Å². The number of para-hydroxylation sites is 2. The summed E-state index contributed by atoms with van der Waals surface area (Å²) in [5, 5.41) is 0. The maximum absolute atomic E-state index is 5.48. The van der Waals surface area contributed by atoms with Crippen molar-refractivity contribution < 1.29 is 4.74 Å². The molecule has 0 atom stereocenters. The summed E-state index contributed by atoms with van der Waals surface area (Å²) in [6.45, 7) is 5.61. The van der Waals surface area contributed by atoms with Gasteiger partial charge in [0.1, 0.15) is 0 Å². The second-order valence-corrected chi connectivity index (χ2v) is 6.76. The lowest BCUT2D eigenvalue weighted by atomic mass is 10.2. The van der Waals surface area contributed by atoms with Gasteiger partial charge in [0.15, 0.2) is 0 Å². The summed E-state index contributed by atoms with van der Waals surface area (Å²) in [6, 6.07) is 18.9. The van der Waals surface area contributed by atoms with Gasteiger partial charge in [0.25, 0.3) is 0 Å². The quantitative estimate of drug-likeness (QED) is 0.539. The van der Waals surface area contributed by atoms with Crippen molar-refractivity contribution in [3.8, 4) is 11.3 Å². The number of hydrogen-bond donors (Lipinski definition) is 0. The Balaban J connectivity index is 0.00000180. The molecule has 2 aromatic carbocycles. The minimum atomic E-state index is 0. The molecule has 0 bridgehead atoms. The monoisotopic (exact) mass is 382 g/mol. The van der Waals surface area contributed by atoms with E-state index in [0.717, 1.165) is 56.2 Å². The maximum Gasteiger partial charge on any atom is 0.215 e. The number of benzene rings is 2. The molecule has 0 aliphatic carbocycles. The predicted molar refractivity (Wildman–Crippen MR) is 111 cm³/mol. The van der Waals surface area contributed by atoms with E-state index in [1.807, 2.05) is 6.07 Å². The first-order valence-electron chi connectivity index (χ1n) is 9.22. The number of hydrogen-bond acceptors (Lipinski definition) is 3. The largest absolute Gasteiger partial charge is 0.379 e. The van der Waals surface area contributed by atoms with Crippen LogP contribution in [0, 0.1) is 0 Å². The van der Waals surface area contributed by atoms with Gasteiger partial charge in [0, 0.05) is 32.4 Å². The third-order valence-electron chi connectivity index (χ3n) is 5.17. The number of halogens is 1. The summed E-state index contributed by atoms with van der Waals surface area (Å²) >= 11 is 0. The predicted octanol–water partition coefficient (Wildman–Crippen LogP) is 3.71. The van der Waals surface area contributed by atoms with E-state index in [4.69, 9.17) is 9.72 Å². The Morgan fingerprint density at radius 1 is 0.889 bits per heavy atom. The van der Waals surface area contributed by atoms with E-state index < -0.39 is 0 Å². The molecule has 5 nitrogen and oxygen atoms in total. The van der Waals surface area contributed by atoms with Gasteiger partial charge >= 0.3 is 0 Å². The highest BCUT2D eigenvalue weighted by molar-refractivity contribution is 5.85. The van der Waals surface area contributed by atoms with Crippen LogP contribution < -0.4 is 0 Å². The molecule has 5 rings (SSSR count). The molecule has 6 heteroatoms. The summed E-state index contributed by atoms with van der Waals surface area (Å²) in [7, 11) is 0. The Hall–Kier alpha value is -2.34. The molecule has 0 spiro atoms. The fraction of sp³-hybridized carbons (Fsp3) is 0.286. The molecule has 0 radical (unpaired) electrons. The van der Waals surface area contributed by atoms with Gasteiger partial charge in [0.2, 0.25) is 5.78 Å². The van der Waals surface area contributed by atoms with Crippen molar-refractivity contribution in [2.45, 2.75) is 6.54 Å². The first-order chi connectivity index (χ1) is 12.9. The van der Waals surface area contributed by atoms with Gasteiger partial charge in [-0.15, -0.1) is 12.4 Å². The van der Waals surface area contributed by atoms with Gasteiger partial charge in [-0.3, -0.25) is 9.30 Å². The molecule has 4 aromatic rings. The molecule has 0 N–H and O–H groups in total. The van der Waals surface area contributed by atoms with Crippen molar-refractivity contribution in [3.05, 3.63) is 60.8 Å². The van der Waals surface area contributed by atoms with Crippen LogP contribution in [0.1, 0.15) is 0 Å². The minimum Gasteiger partial charge on any atom is -0.379 e. The smallest absolute Gasteiger partial charge is 0.215 e. The lowest BCUT2D eigenvalue weighted by Crippen LogP contribution is -2.38. The van der Waals surface area contributed by atoms with Crippen molar-refractivity contribution in [2.75, 3.05) is 32.8 Å². The van der Waals surface area contributed by atoms with Gasteiger partial charge in [-0.05, 0) is 17.7 Å². The third kappa shape index (κ3) is 3.34. The average molecular weight is 383 g/mol. The number of rotatable bonds is 4. The fourth-order valence-corrected chi connectivity index (χ4v) is 3.78.